The number of amides is 1. The number of morpholine rings is 1. The third kappa shape index (κ3) is 5.19. The lowest BCUT2D eigenvalue weighted by Crippen LogP contribution is -2.61. The molecule has 0 bridgehead atoms. The van der Waals surface area contributed by atoms with E-state index in [1.165, 1.54) is 0 Å². The van der Waals surface area contributed by atoms with Crippen molar-refractivity contribution in [1.29, 1.82) is 5.26 Å². The lowest BCUT2D eigenvalue weighted by atomic mass is 9.77. The number of carbonyl (C=O) groups excluding carboxylic acids is 1. The summed E-state index contributed by atoms with van der Waals surface area (Å²) in [5.41, 5.74) is 5.92. The fourth-order valence-corrected chi connectivity index (χ4v) is 4.24. The monoisotopic (exact) mass is 363 g/mol. The van der Waals surface area contributed by atoms with Crippen LogP contribution in [0.2, 0.25) is 0 Å². The molecule has 2 heterocycles. The van der Waals surface area contributed by atoms with Crippen molar-refractivity contribution in [3.8, 4) is 6.07 Å². The maximum Gasteiger partial charge on any atom is 0.263 e. The highest BCUT2D eigenvalue weighted by Gasteiger charge is 2.43. The number of ether oxygens (including phenoxy) is 1. The van der Waals surface area contributed by atoms with Crippen LogP contribution in [0.15, 0.2) is 11.8 Å². The number of hydrogen-bond acceptors (Lipinski definition) is 6. The van der Waals surface area contributed by atoms with Crippen LogP contribution in [0.3, 0.4) is 0 Å². The highest BCUT2D eigenvalue weighted by Crippen LogP contribution is 2.38. The summed E-state index contributed by atoms with van der Waals surface area (Å²) >= 11 is 0. The SMILES string of the molecule is CC1(C)CC(N)CC(C)(C)N1/C=C(/C#N)C(=O)NCCN1CCOCC1. The summed E-state index contributed by atoms with van der Waals surface area (Å²) in [5.74, 6) is -0.317. The van der Waals surface area contributed by atoms with Gasteiger partial charge in [-0.15, -0.1) is 0 Å². The van der Waals surface area contributed by atoms with Gasteiger partial charge in [-0.3, -0.25) is 9.69 Å². The van der Waals surface area contributed by atoms with E-state index in [1.54, 1.807) is 6.20 Å². The van der Waals surface area contributed by atoms with E-state index in [2.05, 4.69) is 48.9 Å². The van der Waals surface area contributed by atoms with Gasteiger partial charge >= 0.3 is 0 Å². The van der Waals surface area contributed by atoms with Gasteiger partial charge in [-0.25, -0.2) is 0 Å². The third-order valence-electron chi connectivity index (χ3n) is 5.27. The van der Waals surface area contributed by atoms with Crippen molar-refractivity contribution in [2.45, 2.75) is 57.7 Å². The zero-order chi connectivity index (χ0) is 19.4. The summed E-state index contributed by atoms with van der Waals surface area (Å²) in [4.78, 5) is 16.9. The van der Waals surface area contributed by atoms with Crippen molar-refractivity contribution >= 4 is 5.91 Å². The van der Waals surface area contributed by atoms with E-state index in [9.17, 15) is 10.1 Å². The average Bonchev–Trinajstić information content (AvgIpc) is 2.53. The molecule has 1 amide bonds. The van der Waals surface area contributed by atoms with Gasteiger partial charge in [0.15, 0.2) is 0 Å². The van der Waals surface area contributed by atoms with Crippen LogP contribution in [0.4, 0.5) is 0 Å². The first-order chi connectivity index (χ1) is 12.2. The number of rotatable bonds is 5. The van der Waals surface area contributed by atoms with Gasteiger partial charge in [-0.2, -0.15) is 5.26 Å². The first kappa shape index (κ1) is 20.7. The van der Waals surface area contributed by atoms with Gasteiger partial charge in [0.25, 0.3) is 5.91 Å². The molecule has 0 saturated carbocycles. The summed E-state index contributed by atoms with van der Waals surface area (Å²) in [6.45, 7) is 13.0. The highest BCUT2D eigenvalue weighted by atomic mass is 16.5. The summed E-state index contributed by atoms with van der Waals surface area (Å²) in [6, 6.07) is 2.19. The molecule has 2 rings (SSSR count). The number of likely N-dealkylation sites (tertiary alicyclic amines) is 1. The van der Waals surface area contributed by atoms with Crippen molar-refractivity contribution in [2.75, 3.05) is 39.4 Å². The van der Waals surface area contributed by atoms with Crippen molar-refractivity contribution in [1.82, 2.24) is 15.1 Å². The molecule has 7 heteroatoms. The maximum atomic E-state index is 12.5. The van der Waals surface area contributed by atoms with E-state index >= 15 is 0 Å². The fourth-order valence-electron chi connectivity index (χ4n) is 4.24. The fraction of sp³-hybridized carbons (Fsp3) is 0.789. The number of hydrogen-bond donors (Lipinski definition) is 2. The minimum atomic E-state index is -0.317. The van der Waals surface area contributed by atoms with Gasteiger partial charge < -0.3 is 20.7 Å². The van der Waals surface area contributed by atoms with Crippen molar-refractivity contribution in [2.24, 2.45) is 5.73 Å². The van der Waals surface area contributed by atoms with Crippen LogP contribution in [0.1, 0.15) is 40.5 Å². The van der Waals surface area contributed by atoms with Gasteiger partial charge in [0.2, 0.25) is 0 Å². The van der Waals surface area contributed by atoms with Crippen molar-refractivity contribution in [3.63, 3.8) is 0 Å². The van der Waals surface area contributed by atoms with Gasteiger partial charge in [0, 0.05) is 49.5 Å². The molecule has 2 aliphatic heterocycles. The van der Waals surface area contributed by atoms with Gasteiger partial charge in [-0.1, -0.05) is 0 Å². The molecule has 146 valence electrons. The Balaban J connectivity index is 2.01. The molecule has 2 aliphatic rings. The Bertz CT molecular complexity index is 555. The topological polar surface area (TPSA) is 94.6 Å². The van der Waals surface area contributed by atoms with E-state index in [-0.39, 0.29) is 28.6 Å². The molecule has 2 saturated heterocycles. The van der Waals surface area contributed by atoms with Crippen LogP contribution in [-0.4, -0.2) is 72.2 Å². The van der Waals surface area contributed by atoms with Crippen LogP contribution in [0.25, 0.3) is 0 Å². The predicted molar refractivity (Wildman–Crippen MR) is 101 cm³/mol. The maximum absolute atomic E-state index is 12.5. The normalized spacial score (nSPS) is 24.2. The Kier molecular flexibility index (Phi) is 6.67. The molecule has 0 aromatic heterocycles. The molecule has 3 N–H and O–H groups in total. The Hall–Kier alpha value is -1.62. The van der Waals surface area contributed by atoms with E-state index in [4.69, 9.17) is 10.5 Å². The Morgan fingerprint density at radius 1 is 1.27 bits per heavy atom. The first-order valence-electron chi connectivity index (χ1n) is 9.41. The van der Waals surface area contributed by atoms with Crippen LogP contribution >= 0.6 is 0 Å². The zero-order valence-corrected chi connectivity index (χ0v) is 16.5. The minimum absolute atomic E-state index is 0.123. The highest BCUT2D eigenvalue weighted by molar-refractivity contribution is 5.97. The van der Waals surface area contributed by atoms with Crippen LogP contribution in [0.5, 0.6) is 0 Å². The third-order valence-corrected chi connectivity index (χ3v) is 5.27. The number of carbonyl (C=O) groups is 1. The van der Waals surface area contributed by atoms with E-state index in [0.717, 1.165) is 45.7 Å². The number of nitrogens with two attached hydrogens (primary N) is 1. The van der Waals surface area contributed by atoms with E-state index in [1.807, 2.05) is 0 Å². The van der Waals surface area contributed by atoms with E-state index < -0.39 is 0 Å². The Morgan fingerprint density at radius 2 is 1.85 bits per heavy atom. The second-order valence-corrected chi connectivity index (χ2v) is 8.53. The van der Waals surface area contributed by atoms with Crippen LogP contribution < -0.4 is 11.1 Å². The molecule has 0 aliphatic carbocycles. The Morgan fingerprint density at radius 3 is 2.38 bits per heavy atom. The molecule has 0 unspecified atom stereocenters. The molecular weight excluding hydrogens is 330 g/mol. The number of nitrogens with one attached hydrogen (secondary N) is 1. The predicted octanol–water partition coefficient (Wildman–Crippen LogP) is 0.823. The molecule has 0 radical (unpaired) electrons. The molecule has 2 fully saturated rings. The molecule has 7 nitrogen and oxygen atoms in total. The summed E-state index contributed by atoms with van der Waals surface area (Å²) in [5, 5.41) is 12.4. The van der Waals surface area contributed by atoms with E-state index in [0.29, 0.717) is 6.54 Å². The molecule has 0 atom stereocenters. The van der Waals surface area contributed by atoms with Crippen molar-refractivity contribution in [3.05, 3.63) is 11.8 Å². The number of nitriles is 1. The molecule has 0 aromatic rings. The second-order valence-electron chi connectivity index (χ2n) is 8.53. The van der Waals surface area contributed by atoms with Crippen molar-refractivity contribution < 1.29 is 9.53 Å². The average molecular weight is 364 g/mol. The summed E-state index contributed by atoms with van der Waals surface area (Å²) in [6.07, 6.45) is 3.37. The Labute approximate surface area is 157 Å². The zero-order valence-electron chi connectivity index (χ0n) is 16.5. The lowest BCUT2D eigenvalue weighted by molar-refractivity contribution is -0.117. The molecule has 26 heavy (non-hydrogen) atoms. The number of nitrogens with zero attached hydrogens (tertiary/aromatic N) is 3. The molecule has 0 aromatic carbocycles. The smallest absolute Gasteiger partial charge is 0.263 e. The number of piperidine rings is 1. The molecule has 0 spiro atoms. The summed E-state index contributed by atoms with van der Waals surface area (Å²) < 4.78 is 5.32. The quantitative estimate of drug-likeness (QED) is 0.555. The minimum Gasteiger partial charge on any atom is -0.379 e. The molecular formula is C19H33N5O2. The lowest BCUT2D eigenvalue weighted by Gasteiger charge is -2.54. The van der Waals surface area contributed by atoms with Crippen LogP contribution in [-0.2, 0) is 9.53 Å². The second kappa shape index (κ2) is 8.38. The first-order valence-corrected chi connectivity index (χ1v) is 9.41. The standard InChI is InChI=1S/C19H33N5O2/c1-18(2)11-16(21)12-19(3,4)24(18)14-15(13-20)17(25)22-5-6-23-7-9-26-10-8-23/h14,16H,5-12,21H2,1-4H3,(H,22,25)/b15-14-. The summed E-state index contributed by atoms with van der Waals surface area (Å²) in [7, 11) is 0. The van der Waals surface area contributed by atoms with Gasteiger partial charge in [0.05, 0.1) is 13.2 Å². The largest absolute Gasteiger partial charge is 0.379 e. The van der Waals surface area contributed by atoms with Crippen LogP contribution in [0, 0.1) is 11.3 Å². The van der Waals surface area contributed by atoms with Gasteiger partial charge in [-0.05, 0) is 40.5 Å². The van der Waals surface area contributed by atoms with Gasteiger partial charge in [0.1, 0.15) is 11.6 Å².